The van der Waals surface area contributed by atoms with E-state index in [0.29, 0.717) is 5.56 Å². The Hall–Kier alpha value is -2.60. The van der Waals surface area contributed by atoms with E-state index in [1.807, 2.05) is 31.2 Å². The SMILES string of the molecule is CCOC(=O)CS(=O)(=O)c1ccccc1-c1[nH]c2ccccc2c1C. The quantitative estimate of drug-likeness (QED) is 0.709. The van der Waals surface area contributed by atoms with Crippen LogP contribution in [0.15, 0.2) is 53.4 Å². The van der Waals surface area contributed by atoms with Gasteiger partial charge in [-0.1, -0.05) is 36.4 Å². The van der Waals surface area contributed by atoms with Crippen molar-refractivity contribution in [3.8, 4) is 11.3 Å². The van der Waals surface area contributed by atoms with Crippen LogP contribution in [0.1, 0.15) is 12.5 Å². The molecule has 0 fully saturated rings. The number of carbonyl (C=O) groups excluding carboxylic acids is 1. The summed E-state index contributed by atoms with van der Waals surface area (Å²) in [4.78, 5) is 15.1. The molecule has 1 aromatic heterocycles. The average Bonchev–Trinajstić information content (AvgIpc) is 2.92. The summed E-state index contributed by atoms with van der Waals surface area (Å²) in [7, 11) is -3.81. The summed E-state index contributed by atoms with van der Waals surface area (Å²) in [6.45, 7) is 3.74. The Labute approximate surface area is 146 Å². The maximum Gasteiger partial charge on any atom is 0.321 e. The lowest BCUT2D eigenvalue weighted by molar-refractivity contribution is -0.139. The molecule has 2 aromatic carbocycles. The zero-order valence-electron chi connectivity index (χ0n) is 14.1. The maximum absolute atomic E-state index is 12.7. The highest BCUT2D eigenvalue weighted by Crippen LogP contribution is 2.33. The van der Waals surface area contributed by atoms with Crippen LogP contribution >= 0.6 is 0 Å². The van der Waals surface area contributed by atoms with Gasteiger partial charge in [-0.3, -0.25) is 4.79 Å². The number of aromatic amines is 1. The molecular formula is C19H19NO4S. The Bertz CT molecular complexity index is 1030. The lowest BCUT2D eigenvalue weighted by Gasteiger charge is -2.10. The van der Waals surface area contributed by atoms with Gasteiger partial charge in [-0.2, -0.15) is 0 Å². The van der Waals surface area contributed by atoms with Gasteiger partial charge >= 0.3 is 5.97 Å². The molecule has 130 valence electrons. The molecule has 6 heteroatoms. The van der Waals surface area contributed by atoms with Crippen molar-refractivity contribution in [3.63, 3.8) is 0 Å². The van der Waals surface area contributed by atoms with Crippen LogP contribution in [-0.4, -0.2) is 31.7 Å². The van der Waals surface area contributed by atoms with Crippen molar-refractivity contribution in [3.05, 3.63) is 54.1 Å². The molecule has 1 heterocycles. The first-order valence-corrected chi connectivity index (χ1v) is 9.64. The summed E-state index contributed by atoms with van der Waals surface area (Å²) in [5.74, 6) is -1.41. The van der Waals surface area contributed by atoms with Crippen molar-refractivity contribution in [2.75, 3.05) is 12.4 Å². The molecule has 0 atom stereocenters. The highest BCUT2D eigenvalue weighted by Gasteiger charge is 2.25. The number of benzene rings is 2. The fraction of sp³-hybridized carbons (Fsp3) is 0.211. The van der Waals surface area contributed by atoms with E-state index in [2.05, 4.69) is 4.98 Å². The van der Waals surface area contributed by atoms with Gasteiger partial charge in [0.15, 0.2) is 15.6 Å². The van der Waals surface area contributed by atoms with E-state index in [1.165, 1.54) is 6.07 Å². The number of sulfone groups is 1. The summed E-state index contributed by atoms with van der Waals surface area (Å²) < 4.78 is 30.2. The molecule has 0 unspecified atom stereocenters. The summed E-state index contributed by atoms with van der Waals surface area (Å²) in [6, 6.07) is 14.5. The standard InChI is InChI=1S/C19H19NO4S/c1-3-24-18(21)12-25(22,23)17-11-7-5-9-15(17)19-13(2)14-8-4-6-10-16(14)20-19/h4-11,20H,3,12H2,1-2H3. The van der Waals surface area contributed by atoms with Crippen LogP contribution in [0, 0.1) is 6.92 Å². The third-order valence-corrected chi connectivity index (χ3v) is 5.71. The van der Waals surface area contributed by atoms with Crippen LogP contribution in [-0.2, 0) is 19.4 Å². The Balaban J connectivity index is 2.13. The Morgan fingerprint density at radius 2 is 1.76 bits per heavy atom. The van der Waals surface area contributed by atoms with E-state index >= 15 is 0 Å². The lowest BCUT2D eigenvalue weighted by atomic mass is 10.1. The average molecular weight is 357 g/mol. The first kappa shape index (κ1) is 17.2. The molecule has 0 aliphatic carbocycles. The van der Waals surface area contributed by atoms with E-state index in [0.717, 1.165) is 22.2 Å². The first-order valence-electron chi connectivity index (χ1n) is 7.99. The molecule has 3 rings (SSSR count). The highest BCUT2D eigenvalue weighted by atomic mass is 32.2. The summed E-state index contributed by atoms with van der Waals surface area (Å²) in [5.41, 5.74) is 3.20. The van der Waals surface area contributed by atoms with Crippen LogP contribution in [0.25, 0.3) is 22.2 Å². The van der Waals surface area contributed by atoms with Crippen molar-refractivity contribution >= 4 is 26.7 Å². The Morgan fingerprint density at radius 1 is 1.08 bits per heavy atom. The van der Waals surface area contributed by atoms with Crippen LogP contribution in [0.3, 0.4) is 0 Å². The third kappa shape index (κ3) is 3.30. The Morgan fingerprint density at radius 3 is 2.48 bits per heavy atom. The summed E-state index contributed by atoms with van der Waals surface area (Å²) >= 11 is 0. The number of H-pyrrole nitrogens is 1. The molecule has 0 amide bonds. The molecule has 1 N–H and O–H groups in total. The molecule has 0 aliphatic heterocycles. The van der Waals surface area contributed by atoms with E-state index in [-0.39, 0.29) is 11.5 Å². The maximum atomic E-state index is 12.7. The molecule has 0 saturated carbocycles. The van der Waals surface area contributed by atoms with E-state index in [1.54, 1.807) is 25.1 Å². The minimum Gasteiger partial charge on any atom is -0.465 e. The van der Waals surface area contributed by atoms with Gasteiger partial charge in [-0.15, -0.1) is 0 Å². The van der Waals surface area contributed by atoms with E-state index < -0.39 is 21.6 Å². The molecule has 0 radical (unpaired) electrons. The topological polar surface area (TPSA) is 76.2 Å². The van der Waals surface area contributed by atoms with Crippen molar-refractivity contribution in [1.29, 1.82) is 0 Å². The number of aromatic nitrogens is 1. The van der Waals surface area contributed by atoms with Gasteiger partial charge in [0, 0.05) is 16.5 Å². The number of aryl methyl sites for hydroxylation is 1. The summed E-state index contributed by atoms with van der Waals surface area (Å²) in [5, 5.41) is 1.04. The monoisotopic (exact) mass is 357 g/mol. The minimum absolute atomic E-state index is 0.123. The van der Waals surface area contributed by atoms with Crippen LogP contribution in [0.2, 0.25) is 0 Å². The van der Waals surface area contributed by atoms with E-state index in [4.69, 9.17) is 4.74 Å². The number of nitrogens with one attached hydrogen (secondary N) is 1. The normalized spacial score (nSPS) is 11.6. The fourth-order valence-corrected chi connectivity index (χ4v) is 4.27. The van der Waals surface area contributed by atoms with Gasteiger partial charge in [0.05, 0.1) is 17.2 Å². The first-order chi connectivity index (χ1) is 11.9. The highest BCUT2D eigenvalue weighted by molar-refractivity contribution is 7.92. The number of hydrogen-bond donors (Lipinski definition) is 1. The predicted molar refractivity (Wildman–Crippen MR) is 97.2 cm³/mol. The molecule has 0 spiro atoms. The number of ether oxygens (including phenoxy) is 1. The second-order valence-corrected chi connectivity index (χ2v) is 7.69. The number of rotatable bonds is 5. The molecule has 0 aliphatic rings. The van der Waals surface area contributed by atoms with Gasteiger partial charge in [-0.25, -0.2) is 8.42 Å². The van der Waals surface area contributed by atoms with Crippen molar-refractivity contribution < 1.29 is 17.9 Å². The molecule has 0 bridgehead atoms. The molecule has 5 nitrogen and oxygen atoms in total. The zero-order chi connectivity index (χ0) is 18.0. The summed E-state index contributed by atoms with van der Waals surface area (Å²) in [6.07, 6.45) is 0. The van der Waals surface area contributed by atoms with Gasteiger partial charge in [0.1, 0.15) is 0 Å². The Kier molecular flexibility index (Phi) is 4.63. The number of fused-ring (bicyclic) bond motifs is 1. The largest absolute Gasteiger partial charge is 0.465 e. The van der Waals surface area contributed by atoms with Crippen molar-refractivity contribution in [2.24, 2.45) is 0 Å². The number of para-hydroxylation sites is 1. The predicted octanol–water partition coefficient (Wildman–Crippen LogP) is 3.48. The minimum atomic E-state index is -3.81. The number of carbonyl (C=O) groups is 1. The lowest BCUT2D eigenvalue weighted by Crippen LogP contribution is -2.19. The molecule has 25 heavy (non-hydrogen) atoms. The second kappa shape index (κ2) is 6.72. The van der Waals surface area contributed by atoms with Gasteiger partial charge in [0.2, 0.25) is 0 Å². The van der Waals surface area contributed by atoms with Gasteiger partial charge in [0.25, 0.3) is 0 Å². The van der Waals surface area contributed by atoms with Crippen LogP contribution < -0.4 is 0 Å². The second-order valence-electron chi connectivity index (χ2n) is 5.73. The zero-order valence-corrected chi connectivity index (χ0v) is 14.9. The third-order valence-electron chi connectivity index (χ3n) is 4.07. The molecule has 3 aromatic rings. The van der Waals surface area contributed by atoms with Gasteiger partial charge in [-0.05, 0) is 31.5 Å². The number of esters is 1. The van der Waals surface area contributed by atoms with E-state index in [9.17, 15) is 13.2 Å². The smallest absolute Gasteiger partial charge is 0.321 e. The van der Waals surface area contributed by atoms with Crippen molar-refractivity contribution in [1.82, 2.24) is 4.98 Å². The molecule has 0 saturated heterocycles. The van der Waals surface area contributed by atoms with Gasteiger partial charge < -0.3 is 9.72 Å². The molecular weight excluding hydrogens is 338 g/mol. The van der Waals surface area contributed by atoms with Crippen LogP contribution in [0.5, 0.6) is 0 Å². The fourth-order valence-electron chi connectivity index (χ4n) is 2.93. The van der Waals surface area contributed by atoms with Crippen molar-refractivity contribution in [2.45, 2.75) is 18.7 Å². The number of hydrogen-bond acceptors (Lipinski definition) is 4. The van der Waals surface area contributed by atoms with Crippen LogP contribution in [0.4, 0.5) is 0 Å².